The Morgan fingerprint density at radius 3 is 2.49 bits per heavy atom. The Morgan fingerprint density at radius 2 is 1.90 bits per heavy atom. The second kappa shape index (κ2) is 11.2. The standard InChI is InChI=1S/C26H26ClN5O5S2/c1-26(2,3)25(36)32-22(30(4)12-17-6-7-21(27)39-17)9-19(29-32)18-8-15(24(35)37-5)11-31(23(18)34)13-20(33)16-10-28-38-14-16/h6-11,14H,12-13H2,1-5H3. The normalized spacial score (nSPS) is 11.4. The Bertz CT molecular complexity index is 1600. The molecule has 0 amide bonds. The fourth-order valence-corrected chi connectivity index (χ4v) is 5.43. The maximum absolute atomic E-state index is 13.6. The minimum Gasteiger partial charge on any atom is -0.465 e. The zero-order valence-electron chi connectivity index (χ0n) is 21.9. The summed E-state index contributed by atoms with van der Waals surface area (Å²) in [4.78, 5) is 55.0. The topological polar surface area (TPSA) is 116 Å². The molecular weight excluding hydrogens is 562 g/mol. The van der Waals surface area contributed by atoms with Crippen molar-refractivity contribution in [1.29, 1.82) is 0 Å². The number of halogens is 1. The van der Waals surface area contributed by atoms with E-state index in [9.17, 15) is 19.2 Å². The summed E-state index contributed by atoms with van der Waals surface area (Å²) in [5.41, 5.74) is -0.694. The molecule has 204 valence electrons. The molecule has 0 radical (unpaired) electrons. The summed E-state index contributed by atoms with van der Waals surface area (Å²) in [5, 5.41) is 6.10. The maximum Gasteiger partial charge on any atom is 0.339 e. The van der Waals surface area contributed by atoms with E-state index in [1.807, 2.05) is 11.0 Å². The van der Waals surface area contributed by atoms with E-state index in [2.05, 4.69) is 9.47 Å². The molecule has 0 spiro atoms. The molecule has 0 aliphatic heterocycles. The van der Waals surface area contributed by atoms with Crippen LogP contribution in [0.3, 0.4) is 0 Å². The number of thiophene rings is 1. The first-order chi connectivity index (χ1) is 18.4. The van der Waals surface area contributed by atoms with Gasteiger partial charge in [-0.25, -0.2) is 9.17 Å². The Kier molecular flexibility index (Phi) is 8.19. The van der Waals surface area contributed by atoms with E-state index >= 15 is 0 Å². The number of aromatic nitrogens is 4. The average Bonchev–Trinajstić information content (AvgIpc) is 3.65. The molecule has 4 aromatic heterocycles. The van der Waals surface area contributed by atoms with E-state index in [-0.39, 0.29) is 35.1 Å². The van der Waals surface area contributed by atoms with Gasteiger partial charge in [-0.1, -0.05) is 32.4 Å². The number of carbonyl (C=O) groups is 3. The van der Waals surface area contributed by atoms with Gasteiger partial charge in [-0.2, -0.15) is 9.78 Å². The first-order valence-corrected chi connectivity index (χ1v) is 13.8. The number of hydrogen-bond acceptors (Lipinski definition) is 10. The minimum absolute atomic E-state index is 0.0448. The van der Waals surface area contributed by atoms with Gasteiger partial charge in [0.1, 0.15) is 11.5 Å². The molecule has 4 heterocycles. The van der Waals surface area contributed by atoms with Crippen LogP contribution in [0.25, 0.3) is 11.3 Å². The third kappa shape index (κ3) is 6.18. The molecule has 0 bridgehead atoms. The van der Waals surface area contributed by atoms with Crippen molar-refractivity contribution in [3.05, 3.63) is 72.7 Å². The lowest BCUT2D eigenvalue weighted by atomic mass is 9.96. The third-order valence-corrected chi connectivity index (χ3v) is 7.59. The minimum atomic E-state index is -0.778. The molecule has 0 saturated heterocycles. The first kappa shape index (κ1) is 28.4. The molecule has 13 heteroatoms. The first-order valence-electron chi connectivity index (χ1n) is 11.7. The predicted molar refractivity (Wildman–Crippen MR) is 151 cm³/mol. The van der Waals surface area contributed by atoms with E-state index in [1.54, 1.807) is 45.3 Å². The molecule has 4 rings (SSSR count). The number of ether oxygens (including phenoxy) is 1. The number of esters is 1. The van der Waals surface area contributed by atoms with Crippen molar-refractivity contribution in [3.8, 4) is 11.3 Å². The number of anilines is 1. The van der Waals surface area contributed by atoms with Gasteiger partial charge in [0.15, 0.2) is 5.78 Å². The van der Waals surface area contributed by atoms with Crippen molar-refractivity contribution in [1.82, 2.24) is 18.7 Å². The number of methoxy groups -OCH3 is 1. The summed E-state index contributed by atoms with van der Waals surface area (Å²) in [7, 11) is 3.03. The summed E-state index contributed by atoms with van der Waals surface area (Å²) >= 11 is 8.63. The van der Waals surface area contributed by atoms with Crippen molar-refractivity contribution in [3.63, 3.8) is 0 Å². The summed E-state index contributed by atoms with van der Waals surface area (Å²) in [6.07, 6.45) is 2.70. The van der Waals surface area contributed by atoms with Gasteiger partial charge in [-0.15, -0.1) is 11.3 Å². The molecule has 39 heavy (non-hydrogen) atoms. The van der Waals surface area contributed by atoms with E-state index in [4.69, 9.17) is 16.3 Å². The number of pyridine rings is 1. The quantitative estimate of drug-likeness (QED) is 0.212. The van der Waals surface area contributed by atoms with E-state index in [0.717, 1.165) is 21.0 Å². The van der Waals surface area contributed by atoms with Crippen LogP contribution < -0.4 is 10.5 Å². The van der Waals surface area contributed by atoms with Crippen LogP contribution in [0.2, 0.25) is 4.34 Å². The van der Waals surface area contributed by atoms with Crippen molar-refractivity contribution < 1.29 is 19.1 Å². The highest BCUT2D eigenvalue weighted by molar-refractivity contribution is 7.16. The predicted octanol–water partition coefficient (Wildman–Crippen LogP) is 4.88. The number of ketones is 1. The molecule has 4 aromatic rings. The summed E-state index contributed by atoms with van der Waals surface area (Å²) in [6, 6.07) is 6.67. The van der Waals surface area contributed by atoms with Crippen LogP contribution in [0.4, 0.5) is 5.82 Å². The van der Waals surface area contributed by atoms with Crippen molar-refractivity contribution in [2.24, 2.45) is 5.41 Å². The van der Waals surface area contributed by atoms with Crippen molar-refractivity contribution >= 4 is 57.9 Å². The fourth-order valence-electron chi connectivity index (χ4n) is 3.75. The van der Waals surface area contributed by atoms with E-state index in [0.29, 0.717) is 22.3 Å². The number of carbonyl (C=O) groups excluding carboxylic acids is 3. The lowest BCUT2D eigenvalue weighted by molar-refractivity contribution is 0.0598. The van der Waals surface area contributed by atoms with Gasteiger partial charge in [0, 0.05) is 35.0 Å². The zero-order valence-corrected chi connectivity index (χ0v) is 24.3. The molecule has 0 unspecified atom stereocenters. The highest BCUT2D eigenvalue weighted by Crippen LogP contribution is 2.29. The van der Waals surface area contributed by atoms with E-state index in [1.165, 1.54) is 41.6 Å². The molecule has 0 aliphatic carbocycles. The molecule has 10 nitrogen and oxygen atoms in total. The zero-order chi connectivity index (χ0) is 28.5. The summed E-state index contributed by atoms with van der Waals surface area (Å²) < 4.78 is 11.9. The van der Waals surface area contributed by atoms with Gasteiger partial charge < -0.3 is 14.2 Å². The largest absolute Gasteiger partial charge is 0.465 e. The van der Waals surface area contributed by atoms with Gasteiger partial charge in [-0.3, -0.25) is 14.4 Å². The lowest BCUT2D eigenvalue weighted by Crippen LogP contribution is -2.31. The monoisotopic (exact) mass is 587 g/mol. The number of nitrogens with zero attached hydrogens (tertiary/aromatic N) is 5. The second-order valence-electron chi connectivity index (χ2n) is 9.82. The SMILES string of the molecule is COC(=O)c1cc(-c2cc(N(C)Cc3ccc(Cl)s3)n(C(=O)C(C)(C)C)n2)c(=O)n(CC(=O)c2cnsc2)c1. The lowest BCUT2D eigenvalue weighted by Gasteiger charge is -2.22. The van der Waals surface area contributed by atoms with Crippen LogP contribution in [0.1, 0.15) is 51.2 Å². The Labute approximate surface area is 237 Å². The summed E-state index contributed by atoms with van der Waals surface area (Å²) in [5.74, 6) is -0.872. The highest BCUT2D eigenvalue weighted by atomic mass is 35.5. The van der Waals surface area contributed by atoms with Gasteiger partial charge in [-0.05, 0) is 29.7 Å². The number of Topliss-reactive ketones (excluding diaryl/α,β-unsaturated/α-hetero) is 1. The Morgan fingerprint density at radius 1 is 1.15 bits per heavy atom. The fraction of sp³-hybridized carbons (Fsp3) is 0.308. The molecule has 0 aliphatic rings. The van der Waals surface area contributed by atoms with Crippen LogP contribution in [0.15, 0.2) is 46.8 Å². The van der Waals surface area contributed by atoms with Gasteiger partial charge in [0.05, 0.1) is 47.4 Å². The van der Waals surface area contributed by atoms with Crippen LogP contribution in [-0.4, -0.2) is 50.5 Å². The van der Waals surface area contributed by atoms with Gasteiger partial charge >= 0.3 is 5.97 Å². The second-order valence-corrected chi connectivity index (χ2v) is 12.3. The molecular formula is C26H26ClN5O5S2. The molecule has 0 fully saturated rings. The van der Waals surface area contributed by atoms with E-state index < -0.39 is 16.9 Å². The molecule has 0 N–H and O–H groups in total. The Balaban J connectivity index is 1.84. The highest BCUT2D eigenvalue weighted by Gasteiger charge is 2.29. The maximum atomic E-state index is 13.6. The molecule has 0 aromatic carbocycles. The van der Waals surface area contributed by atoms with Crippen molar-refractivity contribution in [2.75, 3.05) is 19.1 Å². The van der Waals surface area contributed by atoms with Crippen molar-refractivity contribution in [2.45, 2.75) is 33.9 Å². The summed E-state index contributed by atoms with van der Waals surface area (Å²) in [6.45, 7) is 5.44. The third-order valence-electron chi connectivity index (χ3n) is 5.79. The molecule has 0 atom stereocenters. The van der Waals surface area contributed by atoms with Gasteiger partial charge in [0.25, 0.3) is 11.5 Å². The average molecular weight is 588 g/mol. The van der Waals surface area contributed by atoms with Crippen LogP contribution in [0, 0.1) is 5.41 Å². The van der Waals surface area contributed by atoms with Crippen LogP contribution >= 0.6 is 34.5 Å². The van der Waals surface area contributed by atoms with Gasteiger partial charge in [0.2, 0.25) is 0 Å². The number of rotatable bonds is 8. The molecule has 0 saturated carbocycles. The van der Waals surface area contributed by atoms with Crippen LogP contribution in [-0.2, 0) is 17.8 Å². The van der Waals surface area contributed by atoms with Crippen LogP contribution in [0.5, 0.6) is 0 Å². The Hall–Kier alpha value is -3.61. The smallest absolute Gasteiger partial charge is 0.339 e. The number of hydrogen-bond donors (Lipinski definition) is 0.